The first-order valence-electron chi connectivity index (χ1n) is 9.01. The molecule has 0 bridgehead atoms. The zero-order chi connectivity index (χ0) is 20.8. The minimum absolute atomic E-state index is 0.144. The average molecular weight is 398 g/mol. The van der Waals surface area contributed by atoms with Gasteiger partial charge in [-0.3, -0.25) is 4.79 Å². The van der Waals surface area contributed by atoms with Crippen molar-refractivity contribution in [1.29, 1.82) is 0 Å². The van der Waals surface area contributed by atoms with Gasteiger partial charge in [-0.2, -0.15) is 13.2 Å². The molecule has 1 heterocycles. The van der Waals surface area contributed by atoms with Crippen LogP contribution in [0.2, 0.25) is 0 Å². The van der Waals surface area contributed by atoms with Gasteiger partial charge in [0.2, 0.25) is 0 Å². The summed E-state index contributed by atoms with van der Waals surface area (Å²) in [5.41, 5.74) is 0.584. The molecule has 3 atom stereocenters. The van der Waals surface area contributed by atoms with Gasteiger partial charge in [0.1, 0.15) is 0 Å². The number of aromatic nitrogens is 2. The van der Waals surface area contributed by atoms with Crippen LogP contribution in [0.5, 0.6) is 0 Å². The monoisotopic (exact) mass is 398 g/mol. The largest absolute Gasteiger partial charge is 0.481 e. The Kier molecular flexibility index (Phi) is 4.41. The Morgan fingerprint density at radius 2 is 1.45 bits per heavy atom. The van der Waals surface area contributed by atoms with Gasteiger partial charge in [0.05, 0.1) is 11.0 Å². The summed E-state index contributed by atoms with van der Waals surface area (Å²) in [6, 6.07) is 16.5. The van der Waals surface area contributed by atoms with Crippen LogP contribution in [0.4, 0.5) is 13.2 Å². The Morgan fingerprint density at radius 1 is 0.931 bits per heavy atom. The van der Waals surface area contributed by atoms with E-state index in [1.165, 1.54) is 0 Å². The molecule has 0 radical (unpaired) electrons. The first-order chi connectivity index (χ1) is 13.7. The van der Waals surface area contributed by atoms with Crippen LogP contribution >= 0.6 is 0 Å². The number of rotatable bonds is 4. The van der Waals surface area contributed by atoms with Crippen molar-refractivity contribution < 1.29 is 23.1 Å². The molecule has 2 aromatic carbocycles. The van der Waals surface area contributed by atoms with Crippen molar-refractivity contribution in [3.8, 4) is 11.4 Å². The molecule has 0 saturated heterocycles. The predicted octanol–water partition coefficient (Wildman–Crippen LogP) is 5.13. The highest BCUT2D eigenvalue weighted by atomic mass is 19.4. The van der Waals surface area contributed by atoms with Crippen molar-refractivity contribution in [2.75, 3.05) is 0 Å². The highest BCUT2D eigenvalue weighted by Crippen LogP contribution is 2.70. The number of carbonyl (C=O) groups is 1. The number of alkyl halides is 3. The third kappa shape index (κ3) is 3.26. The third-order valence-corrected chi connectivity index (χ3v) is 5.64. The Bertz CT molecular complexity index is 1030. The minimum Gasteiger partial charge on any atom is -0.481 e. The maximum Gasteiger partial charge on any atom is 0.419 e. The molecule has 7 heteroatoms. The van der Waals surface area contributed by atoms with Crippen LogP contribution in [-0.4, -0.2) is 21.0 Å². The van der Waals surface area contributed by atoms with Crippen LogP contribution in [0.25, 0.3) is 11.4 Å². The summed E-state index contributed by atoms with van der Waals surface area (Å²) in [6.07, 6.45) is -2.98. The number of benzene rings is 2. The fraction of sp³-hybridized carbons (Fsp3) is 0.227. The van der Waals surface area contributed by atoms with Gasteiger partial charge in [0.25, 0.3) is 0 Å². The quantitative estimate of drug-likeness (QED) is 0.661. The predicted molar refractivity (Wildman–Crippen MR) is 100 cm³/mol. The van der Waals surface area contributed by atoms with E-state index in [2.05, 4.69) is 9.97 Å². The Morgan fingerprint density at radius 3 is 1.93 bits per heavy atom. The molecule has 4 rings (SSSR count). The van der Waals surface area contributed by atoms with Gasteiger partial charge in [-0.05, 0) is 18.1 Å². The van der Waals surface area contributed by atoms with E-state index in [-0.39, 0.29) is 17.7 Å². The molecular formula is C22H17F3N2O2. The Balaban J connectivity index is 1.61. The first kappa shape index (κ1) is 19.1. The van der Waals surface area contributed by atoms with Crippen molar-refractivity contribution in [2.45, 2.75) is 24.9 Å². The molecule has 0 amide bonds. The maximum atomic E-state index is 12.7. The highest BCUT2D eigenvalue weighted by Gasteiger charge is 2.67. The molecule has 1 saturated carbocycles. The van der Waals surface area contributed by atoms with Crippen molar-refractivity contribution in [1.82, 2.24) is 9.97 Å². The fourth-order valence-corrected chi connectivity index (χ4v) is 3.98. The second-order valence-corrected chi connectivity index (χ2v) is 7.37. The fourth-order valence-electron chi connectivity index (χ4n) is 3.98. The molecular weight excluding hydrogens is 381 g/mol. The minimum atomic E-state index is -4.48. The SMILES string of the molecule is CC1(C(=O)O)C(c2ccccc2)C1c1ccc(-c2ncc(C(F)(F)F)cn2)cc1. The van der Waals surface area contributed by atoms with Crippen LogP contribution in [0.3, 0.4) is 0 Å². The van der Waals surface area contributed by atoms with Gasteiger partial charge in [-0.1, -0.05) is 54.6 Å². The lowest BCUT2D eigenvalue weighted by Gasteiger charge is -2.07. The zero-order valence-electron chi connectivity index (χ0n) is 15.4. The van der Waals surface area contributed by atoms with Gasteiger partial charge >= 0.3 is 12.1 Å². The zero-order valence-corrected chi connectivity index (χ0v) is 15.4. The summed E-state index contributed by atoms with van der Waals surface area (Å²) in [5, 5.41) is 9.79. The van der Waals surface area contributed by atoms with Crippen LogP contribution in [0.15, 0.2) is 67.0 Å². The number of aliphatic carboxylic acids is 1. The normalized spacial score (nSPS) is 23.6. The lowest BCUT2D eigenvalue weighted by molar-refractivity contribution is -0.143. The van der Waals surface area contributed by atoms with Crippen LogP contribution in [-0.2, 0) is 11.0 Å². The van der Waals surface area contributed by atoms with Crippen molar-refractivity contribution in [2.24, 2.45) is 5.41 Å². The van der Waals surface area contributed by atoms with Crippen LogP contribution in [0, 0.1) is 5.41 Å². The van der Waals surface area contributed by atoms with E-state index in [1.807, 2.05) is 30.3 Å². The van der Waals surface area contributed by atoms with E-state index in [0.29, 0.717) is 5.56 Å². The lowest BCUT2D eigenvalue weighted by Crippen LogP contribution is -2.14. The van der Waals surface area contributed by atoms with E-state index in [1.54, 1.807) is 31.2 Å². The van der Waals surface area contributed by atoms with E-state index in [9.17, 15) is 23.1 Å². The van der Waals surface area contributed by atoms with Crippen LogP contribution in [0.1, 0.15) is 35.4 Å². The molecule has 3 unspecified atom stereocenters. The van der Waals surface area contributed by atoms with E-state index >= 15 is 0 Å². The average Bonchev–Trinajstić information content (AvgIpc) is 3.35. The van der Waals surface area contributed by atoms with Gasteiger partial charge in [-0.15, -0.1) is 0 Å². The molecule has 0 aliphatic heterocycles. The van der Waals surface area contributed by atoms with E-state index in [0.717, 1.165) is 23.5 Å². The molecule has 1 aliphatic carbocycles. The first-order valence-corrected chi connectivity index (χ1v) is 9.01. The number of carboxylic acids is 1. The number of hydrogen-bond acceptors (Lipinski definition) is 3. The summed E-state index contributed by atoms with van der Waals surface area (Å²) in [6.45, 7) is 1.74. The molecule has 1 aromatic heterocycles. The number of nitrogens with zero attached hydrogens (tertiary/aromatic N) is 2. The molecule has 0 spiro atoms. The summed E-state index contributed by atoms with van der Waals surface area (Å²) in [5.74, 6) is -1.01. The summed E-state index contributed by atoms with van der Waals surface area (Å²) in [4.78, 5) is 19.5. The maximum absolute atomic E-state index is 12.7. The smallest absolute Gasteiger partial charge is 0.419 e. The van der Waals surface area contributed by atoms with Crippen LogP contribution < -0.4 is 0 Å². The Hall–Kier alpha value is -3.22. The summed E-state index contributed by atoms with van der Waals surface area (Å²) in [7, 11) is 0. The molecule has 1 fully saturated rings. The standard InChI is InChI=1S/C22H17F3N2O2/c1-21(20(28)29)17(13-5-3-2-4-6-13)18(21)14-7-9-15(10-8-14)19-26-11-16(12-27-19)22(23,24)25/h2-12,17-18H,1H3,(H,28,29). The number of halogens is 3. The third-order valence-electron chi connectivity index (χ3n) is 5.64. The molecule has 29 heavy (non-hydrogen) atoms. The topological polar surface area (TPSA) is 63.1 Å². The Labute approximate surface area is 165 Å². The molecule has 148 valence electrons. The molecule has 3 aromatic rings. The van der Waals surface area contributed by atoms with E-state index < -0.39 is 23.1 Å². The van der Waals surface area contributed by atoms with Crippen molar-refractivity contribution >= 4 is 5.97 Å². The second-order valence-electron chi connectivity index (χ2n) is 7.37. The van der Waals surface area contributed by atoms with E-state index in [4.69, 9.17) is 0 Å². The lowest BCUT2D eigenvalue weighted by atomic mass is 10.00. The van der Waals surface area contributed by atoms with Gasteiger partial charge in [0, 0.05) is 29.8 Å². The molecule has 1 aliphatic rings. The van der Waals surface area contributed by atoms with Gasteiger partial charge in [0.15, 0.2) is 5.82 Å². The van der Waals surface area contributed by atoms with Crippen molar-refractivity contribution in [3.63, 3.8) is 0 Å². The second kappa shape index (κ2) is 6.69. The number of hydrogen-bond donors (Lipinski definition) is 1. The summed E-state index contributed by atoms with van der Waals surface area (Å²) >= 11 is 0. The summed E-state index contributed by atoms with van der Waals surface area (Å²) < 4.78 is 38.0. The van der Waals surface area contributed by atoms with Crippen molar-refractivity contribution in [3.05, 3.63) is 83.7 Å². The van der Waals surface area contributed by atoms with Gasteiger partial charge < -0.3 is 5.11 Å². The highest BCUT2D eigenvalue weighted by molar-refractivity contribution is 5.83. The number of carboxylic acid groups (broad SMARTS) is 1. The molecule has 4 nitrogen and oxygen atoms in total. The molecule has 1 N–H and O–H groups in total. The van der Waals surface area contributed by atoms with Gasteiger partial charge in [-0.25, -0.2) is 9.97 Å².